The number of thiophene rings is 1. The molecule has 1 fully saturated rings. The van der Waals surface area contributed by atoms with Crippen LogP contribution < -0.4 is 5.32 Å². The van der Waals surface area contributed by atoms with Crippen LogP contribution in [0.4, 0.5) is 0 Å². The Bertz CT molecular complexity index is 549. The van der Waals surface area contributed by atoms with Crippen molar-refractivity contribution >= 4 is 47.8 Å². The summed E-state index contributed by atoms with van der Waals surface area (Å²) in [6, 6.07) is 10.8. The van der Waals surface area contributed by atoms with E-state index in [4.69, 9.17) is 11.6 Å². The van der Waals surface area contributed by atoms with E-state index in [9.17, 15) is 0 Å². The fraction of sp³-hybridized carbons (Fsp3) is 0.375. The summed E-state index contributed by atoms with van der Waals surface area (Å²) in [5, 5.41) is 6.45. The Morgan fingerprint density at radius 2 is 1.86 bits per heavy atom. The molecule has 1 saturated heterocycles. The highest BCUT2D eigenvalue weighted by Crippen LogP contribution is 2.37. The van der Waals surface area contributed by atoms with Crippen molar-refractivity contribution in [1.82, 2.24) is 10.2 Å². The highest BCUT2D eigenvalue weighted by molar-refractivity contribution is 7.10. The Kier molecular flexibility index (Phi) is 8.19. The lowest BCUT2D eigenvalue weighted by molar-refractivity contribution is 0.200. The van der Waals surface area contributed by atoms with E-state index >= 15 is 0 Å². The minimum atomic E-state index is 0. The van der Waals surface area contributed by atoms with Gasteiger partial charge in [0.2, 0.25) is 0 Å². The van der Waals surface area contributed by atoms with Gasteiger partial charge in [0.05, 0.1) is 6.04 Å². The third-order valence-corrected chi connectivity index (χ3v) is 5.13. The molecule has 3 rings (SSSR count). The molecule has 2 nitrogen and oxygen atoms in total. The molecule has 0 saturated carbocycles. The second kappa shape index (κ2) is 9.11. The molecule has 6 heteroatoms. The average molecular weight is 380 g/mol. The lowest BCUT2D eigenvalue weighted by atomic mass is 9.98. The molecular weight excluding hydrogens is 359 g/mol. The molecule has 1 aliphatic rings. The number of nitrogens with zero attached hydrogens (tertiary/aromatic N) is 1. The summed E-state index contributed by atoms with van der Waals surface area (Å²) in [6.45, 7) is 6.38. The Morgan fingerprint density at radius 1 is 1.14 bits per heavy atom. The van der Waals surface area contributed by atoms with Crippen molar-refractivity contribution in [2.75, 3.05) is 26.2 Å². The standard InChI is InChI=1S/C16H19ClN2S.2ClH/c1-12-4-2-5-13(17)15(12)16(14-6-3-11-20-14)19-9-7-18-8-10-19;;/h2-6,11,16,18H,7-10H2,1H3;2*1H/t16-;;/m0../s1. The molecule has 0 radical (unpaired) electrons. The molecule has 0 bridgehead atoms. The molecular formula is C16H21Cl3N2S. The van der Waals surface area contributed by atoms with Gasteiger partial charge in [-0.2, -0.15) is 0 Å². The van der Waals surface area contributed by atoms with Crippen LogP contribution in [-0.2, 0) is 0 Å². The first kappa shape index (κ1) is 19.8. The Morgan fingerprint density at radius 3 is 2.45 bits per heavy atom. The zero-order valence-corrected chi connectivity index (χ0v) is 15.6. The number of nitrogens with one attached hydrogen (secondary N) is 1. The molecule has 0 aliphatic carbocycles. The fourth-order valence-corrected chi connectivity index (χ4v) is 4.08. The summed E-state index contributed by atoms with van der Waals surface area (Å²) >= 11 is 8.34. The Labute approximate surface area is 153 Å². The van der Waals surface area contributed by atoms with Gasteiger partial charge in [-0.1, -0.05) is 29.8 Å². The van der Waals surface area contributed by atoms with Crippen molar-refractivity contribution in [3.05, 3.63) is 56.7 Å². The normalized spacial score (nSPS) is 16.5. The molecule has 122 valence electrons. The maximum absolute atomic E-state index is 6.52. The van der Waals surface area contributed by atoms with Crippen molar-refractivity contribution in [2.45, 2.75) is 13.0 Å². The predicted molar refractivity (Wildman–Crippen MR) is 101 cm³/mol. The number of benzene rings is 1. The van der Waals surface area contributed by atoms with Gasteiger partial charge in [-0.3, -0.25) is 4.90 Å². The van der Waals surface area contributed by atoms with Gasteiger partial charge in [-0.15, -0.1) is 36.2 Å². The van der Waals surface area contributed by atoms with E-state index < -0.39 is 0 Å². The smallest absolute Gasteiger partial charge is 0.0714 e. The largest absolute Gasteiger partial charge is 0.314 e. The van der Waals surface area contributed by atoms with Crippen LogP contribution >= 0.6 is 47.8 Å². The summed E-state index contributed by atoms with van der Waals surface area (Å²) in [5.41, 5.74) is 2.54. The van der Waals surface area contributed by atoms with E-state index in [0.717, 1.165) is 31.2 Å². The van der Waals surface area contributed by atoms with Crippen LogP contribution in [0.25, 0.3) is 0 Å². The summed E-state index contributed by atoms with van der Waals surface area (Å²) in [4.78, 5) is 3.92. The minimum absolute atomic E-state index is 0. The zero-order valence-electron chi connectivity index (χ0n) is 12.4. The van der Waals surface area contributed by atoms with Crippen molar-refractivity contribution in [3.8, 4) is 0 Å². The summed E-state index contributed by atoms with van der Waals surface area (Å²) in [7, 11) is 0. The molecule has 0 amide bonds. The van der Waals surface area contributed by atoms with E-state index in [2.05, 4.69) is 40.7 Å². The van der Waals surface area contributed by atoms with Crippen LogP contribution in [0.5, 0.6) is 0 Å². The molecule has 0 spiro atoms. The van der Waals surface area contributed by atoms with Gasteiger partial charge in [0.25, 0.3) is 0 Å². The topological polar surface area (TPSA) is 15.3 Å². The molecule has 2 aromatic rings. The van der Waals surface area contributed by atoms with Crippen LogP contribution in [0.3, 0.4) is 0 Å². The molecule has 1 N–H and O–H groups in total. The molecule has 1 aromatic heterocycles. The van der Waals surface area contributed by atoms with Crippen molar-refractivity contribution in [1.29, 1.82) is 0 Å². The number of aryl methyl sites for hydroxylation is 1. The van der Waals surface area contributed by atoms with E-state index in [1.807, 2.05) is 23.5 Å². The van der Waals surface area contributed by atoms with Gasteiger partial charge >= 0.3 is 0 Å². The van der Waals surface area contributed by atoms with Crippen LogP contribution in [0.2, 0.25) is 5.02 Å². The monoisotopic (exact) mass is 378 g/mol. The highest BCUT2D eigenvalue weighted by Gasteiger charge is 2.27. The average Bonchev–Trinajstić information content (AvgIpc) is 2.98. The van der Waals surface area contributed by atoms with Crippen molar-refractivity contribution in [2.24, 2.45) is 0 Å². The molecule has 1 aromatic carbocycles. The minimum Gasteiger partial charge on any atom is -0.314 e. The van der Waals surface area contributed by atoms with E-state index in [1.54, 1.807) is 0 Å². The SMILES string of the molecule is Cc1cccc(Cl)c1[C@H](c1cccs1)N1CCNCC1.Cl.Cl. The number of hydrogen-bond acceptors (Lipinski definition) is 3. The number of halogens is 3. The maximum Gasteiger partial charge on any atom is 0.0714 e. The second-order valence-corrected chi connectivity index (χ2v) is 6.56. The van der Waals surface area contributed by atoms with Crippen LogP contribution in [0.15, 0.2) is 35.7 Å². The fourth-order valence-electron chi connectivity index (χ4n) is 2.88. The quantitative estimate of drug-likeness (QED) is 0.841. The zero-order chi connectivity index (χ0) is 13.9. The van der Waals surface area contributed by atoms with Gasteiger partial charge < -0.3 is 5.32 Å². The molecule has 1 aliphatic heterocycles. The molecule has 1 atom stereocenters. The first-order valence-electron chi connectivity index (χ1n) is 7.00. The predicted octanol–water partition coefficient (Wildman–Crippen LogP) is 4.55. The Balaban J connectivity index is 0.00000121. The summed E-state index contributed by atoms with van der Waals surface area (Å²) in [6.07, 6.45) is 0. The van der Waals surface area contributed by atoms with Crippen molar-refractivity contribution in [3.63, 3.8) is 0 Å². The van der Waals surface area contributed by atoms with E-state index in [1.165, 1.54) is 16.0 Å². The maximum atomic E-state index is 6.52. The number of hydrogen-bond donors (Lipinski definition) is 1. The van der Waals surface area contributed by atoms with Crippen molar-refractivity contribution < 1.29 is 0 Å². The van der Waals surface area contributed by atoms with E-state index in [-0.39, 0.29) is 30.9 Å². The molecule has 2 heterocycles. The van der Waals surface area contributed by atoms with Gasteiger partial charge in [-0.25, -0.2) is 0 Å². The van der Waals surface area contributed by atoms with Gasteiger partial charge in [0.15, 0.2) is 0 Å². The lowest BCUT2D eigenvalue weighted by Gasteiger charge is -2.35. The lowest BCUT2D eigenvalue weighted by Crippen LogP contribution is -2.45. The van der Waals surface area contributed by atoms with E-state index in [0.29, 0.717) is 0 Å². The highest BCUT2D eigenvalue weighted by atomic mass is 35.5. The van der Waals surface area contributed by atoms with Crippen LogP contribution in [0, 0.1) is 6.92 Å². The molecule has 22 heavy (non-hydrogen) atoms. The third kappa shape index (κ3) is 4.16. The summed E-state index contributed by atoms with van der Waals surface area (Å²) < 4.78 is 0. The summed E-state index contributed by atoms with van der Waals surface area (Å²) in [5.74, 6) is 0. The number of rotatable bonds is 3. The molecule has 0 unspecified atom stereocenters. The first-order valence-corrected chi connectivity index (χ1v) is 8.26. The number of piperazine rings is 1. The van der Waals surface area contributed by atoms with Gasteiger partial charge in [-0.05, 0) is 35.6 Å². The van der Waals surface area contributed by atoms with Gasteiger partial charge in [0.1, 0.15) is 0 Å². The Hall–Kier alpha value is -0.290. The second-order valence-electron chi connectivity index (χ2n) is 5.17. The van der Waals surface area contributed by atoms with Crippen LogP contribution in [0.1, 0.15) is 22.0 Å². The van der Waals surface area contributed by atoms with Crippen LogP contribution in [-0.4, -0.2) is 31.1 Å². The first-order chi connectivity index (χ1) is 9.77. The van der Waals surface area contributed by atoms with Gasteiger partial charge in [0, 0.05) is 36.1 Å². The third-order valence-electron chi connectivity index (χ3n) is 3.87.